The van der Waals surface area contributed by atoms with Gasteiger partial charge in [-0.1, -0.05) is 29.8 Å². The summed E-state index contributed by atoms with van der Waals surface area (Å²) in [4.78, 5) is 23.5. The average Bonchev–Trinajstić information content (AvgIpc) is 2.69. The van der Waals surface area contributed by atoms with Crippen molar-refractivity contribution in [3.05, 3.63) is 47.5 Å². The van der Waals surface area contributed by atoms with Crippen LogP contribution >= 0.6 is 11.6 Å². The van der Waals surface area contributed by atoms with Crippen molar-refractivity contribution in [3.63, 3.8) is 0 Å². The number of sulfonamides is 1. The van der Waals surface area contributed by atoms with Gasteiger partial charge in [-0.3, -0.25) is 4.79 Å². The van der Waals surface area contributed by atoms with Crippen molar-refractivity contribution in [2.45, 2.75) is 11.8 Å². The molecule has 0 unspecified atom stereocenters. The van der Waals surface area contributed by atoms with Crippen LogP contribution in [0.3, 0.4) is 0 Å². The molecule has 10 heteroatoms. The van der Waals surface area contributed by atoms with Crippen molar-refractivity contribution in [3.8, 4) is 0 Å². The molecule has 0 bridgehead atoms. The second-order valence-electron chi connectivity index (χ2n) is 5.70. The van der Waals surface area contributed by atoms with Gasteiger partial charge in [0.05, 0.1) is 28.8 Å². The first-order chi connectivity index (χ1) is 13.3. The summed E-state index contributed by atoms with van der Waals surface area (Å²) in [6.45, 7) is 2.41. The molecule has 0 aliphatic carbocycles. The van der Waals surface area contributed by atoms with E-state index in [1.165, 1.54) is 34.7 Å². The van der Waals surface area contributed by atoms with Crippen LogP contribution in [0.4, 0.5) is 5.69 Å². The first kappa shape index (κ1) is 22.1. The molecule has 0 atom stereocenters. The van der Waals surface area contributed by atoms with Crippen LogP contribution < -0.4 is 5.32 Å². The zero-order valence-corrected chi connectivity index (χ0v) is 16.8. The normalized spacial score (nSPS) is 15.8. The number of morpholine rings is 1. The van der Waals surface area contributed by atoms with E-state index in [0.717, 1.165) is 0 Å². The van der Waals surface area contributed by atoms with E-state index in [0.29, 0.717) is 13.2 Å². The van der Waals surface area contributed by atoms with Crippen molar-refractivity contribution in [2.75, 3.05) is 38.2 Å². The number of allylic oxidation sites excluding steroid dienone is 3. The minimum absolute atomic E-state index is 0.000353. The van der Waals surface area contributed by atoms with Crippen LogP contribution in [0, 0.1) is 0 Å². The number of esters is 1. The van der Waals surface area contributed by atoms with E-state index in [9.17, 15) is 18.0 Å². The van der Waals surface area contributed by atoms with Gasteiger partial charge in [0.25, 0.3) is 5.91 Å². The minimum Gasteiger partial charge on any atom is -0.452 e. The summed E-state index contributed by atoms with van der Waals surface area (Å²) in [5.74, 6) is -1.32. The fraction of sp³-hybridized carbons (Fsp3) is 0.333. The summed E-state index contributed by atoms with van der Waals surface area (Å²) in [7, 11) is -3.73. The second kappa shape index (κ2) is 10.4. The van der Waals surface area contributed by atoms with E-state index >= 15 is 0 Å². The fourth-order valence-corrected chi connectivity index (χ4v) is 3.91. The van der Waals surface area contributed by atoms with Crippen LogP contribution in [0.2, 0.25) is 5.02 Å². The number of amides is 1. The number of carbonyl (C=O) groups excluding carboxylic acids is 2. The van der Waals surface area contributed by atoms with Gasteiger partial charge in [-0.15, -0.1) is 0 Å². The Morgan fingerprint density at radius 3 is 2.68 bits per heavy atom. The summed E-state index contributed by atoms with van der Waals surface area (Å²) < 4.78 is 36.7. The van der Waals surface area contributed by atoms with E-state index in [1.54, 1.807) is 19.1 Å². The average molecular weight is 429 g/mol. The number of benzene rings is 1. The van der Waals surface area contributed by atoms with Gasteiger partial charge in [-0.2, -0.15) is 4.31 Å². The first-order valence-electron chi connectivity index (χ1n) is 8.48. The topological polar surface area (TPSA) is 102 Å². The van der Waals surface area contributed by atoms with Crippen LogP contribution in [0.5, 0.6) is 0 Å². The zero-order chi connectivity index (χ0) is 20.6. The summed E-state index contributed by atoms with van der Waals surface area (Å²) in [5, 5.41) is 2.62. The third-order valence-corrected chi connectivity index (χ3v) is 5.93. The van der Waals surface area contributed by atoms with Gasteiger partial charge in [0, 0.05) is 19.2 Å². The lowest BCUT2D eigenvalue weighted by molar-refractivity contribution is -0.142. The van der Waals surface area contributed by atoms with Crippen molar-refractivity contribution >= 4 is 39.2 Å². The van der Waals surface area contributed by atoms with Crippen LogP contribution in [-0.2, 0) is 29.1 Å². The van der Waals surface area contributed by atoms with Crippen molar-refractivity contribution in [2.24, 2.45) is 0 Å². The van der Waals surface area contributed by atoms with Crippen LogP contribution in [-0.4, -0.2) is 57.5 Å². The molecule has 1 aliphatic heterocycles. The largest absolute Gasteiger partial charge is 0.452 e. The smallest absolute Gasteiger partial charge is 0.331 e. The van der Waals surface area contributed by atoms with Gasteiger partial charge >= 0.3 is 5.97 Å². The quantitative estimate of drug-likeness (QED) is 0.404. The highest BCUT2D eigenvalue weighted by molar-refractivity contribution is 7.89. The predicted octanol–water partition coefficient (Wildman–Crippen LogP) is 1.97. The number of hydrogen-bond acceptors (Lipinski definition) is 6. The van der Waals surface area contributed by atoms with E-state index in [4.69, 9.17) is 21.1 Å². The highest BCUT2D eigenvalue weighted by Gasteiger charge is 2.27. The lowest BCUT2D eigenvalue weighted by Gasteiger charge is -2.26. The Kier molecular flexibility index (Phi) is 8.18. The van der Waals surface area contributed by atoms with Crippen LogP contribution in [0.1, 0.15) is 6.92 Å². The fourth-order valence-electron chi connectivity index (χ4n) is 2.31. The molecule has 0 saturated carbocycles. The number of rotatable bonds is 7. The second-order valence-corrected chi connectivity index (χ2v) is 8.04. The summed E-state index contributed by atoms with van der Waals surface area (Å²) in [6, 6.07) is 4.03. The van der Waals surface area contributed by atoms with Gasteiger partial charge < -0.3 is 14.8 Å². The Balaban J connectivity index is 2.04. The first-order valence-corrected chi connectivity index (χ1v) is 10.3. The molecule has 0 aromatic heterocycles. The highest BCUT2D eigenvalue weighted by Crippen LogP contribution is 2.27. The molecule has 1 saturated heterocycles. The van der Waals surface area contributed by atoms with Crippen LogP contribution in [0.15, 0.2) is 47.4 Å². The van der Waals surface area contributed by atoms with Crippen molar-refractivity contribution in [1.82, 2.24) is 4.31 Å². The predicted molar refractivity (Wildman–Crippen MR) is 105 cm³/mol. The van der Waals surface area contributed by atoms with E-state index in [2.05, 4.69) is 5.32 Å². The van der Waals surface area contributed by atoms with E-state index in [-0.39, 0.29) is 28.7 Å². The third-order valence-electron chi connectivity index (χ3n) is 3.70. The maximum atomic E-state index is 12.7. The zero-order valence-electron chi connectivity index (χ0n) is 15.3. The summed E-state index contributed by atoms with van der Waals surface area (Å²) in [5.41, 5.74) is 0.113. The number of nitrogens with one attached hydrogen (secondary N) is 1. The molecule has 1 aliphatic rings. The van der Waals surface area contributed by atoms with Crippen molar-refractivity contribution < 1.29 is 27.5 Å². The molecule has 1 aromatic rings. The number of halogens is 1. The Bertz CT molecular complexity index is 876. The molecule has 2 rings (SSSR count). The molecule has 8 nitrogen and oxygen atoms in total. The van der Waals surface area contributed by atoms with E-state index in [1.807, 2.05) is 0 Å². The van der Waals surface area contributed by atoms with E-state index < -0.39 is 28.5 Å². The molecule has 1 aromatic carbocycles. The Hall–Kier alpha value is -2.20. The maximum absolute atomic E-state index is 12.7. The molecule has 1 heterocycles. The SMILES string of the molecule is C/C=C/C=C/C(=O)OCC(=O)Nc1cc(S(=O)(=O)N2CCOCC2)ccc1Cl. The summed E-state index contributed by atoms with van der Waals surface area (Å²) in [6.07, 6.45) is 6.03. The van der Waals surface area contributed by atoms with Gasteiger partial charge in [0.2, 0.25) is 10.0 Å². The molecule has 0 spiro atoms. The Morgan fingerprint density at radius 2 is 2.00 bits per heavy atom. The van der Waals surface area contributed by atoms with Crippen LogP contribution in [0.25, 0.3) is 0 Å². The van der Waals surface area contributed by atoms with Gasteiger partial charge in [0.15, 0.2) is 6.61 Å². The molecule has 152 valence electrons. The number of carbonyl (C=O) groups is 2. The minimum atomic E-state index is -3.73. The third kappa shape index (κ3) is 6.16. The lowest BCUT2D eigenvalue weighted by Crippen LogP contribution is -2.40. The van der Waals surface area contributed by atoms with Gasteiger partial charge in [-0.05, 0) is 25.1 Å². The van der Waals surface area contributed by atoms with Gasteiger partial charge in [-0.25, -0.2) is 13.2 Å². The van der Waals surface area contributed by atoms with Gasteiger partial charge in [0.1, 0.15) is 0 Å². The number of ether oxygens (including phenoxy) is 2. The molecule has 1 amide bonds. The molecule has 1 fully saturated rings. The number of anilines is 1. The molecular formula is C18H21ClN2O6S. The van der Waals surface area contributed by atoms with Crippen molar-refractivity contribution in [1.29, 1.82) is 0 Å². The lowest BCUT2D eigenvalue weighted by atomic mass is 10.3. The Labute approximate surface area is 168 Å². The molecule has 28 heavy (non-hydrogen) atoms. The number of hydrogen-bond donors (Lipinski definition) is 1. The number of nitrogens with zero attached hydrogens (tertiary/aromatic N) is 1. The molecular weight excluding hydrogens is 408 g/mol. The molecule has 0 radical (unpaired) electrons. The standard InChI is InChI=1S/C18H21ClN2O6S/c1-2-3-4-5-18(23)27-13-17(22)20-16-12-14(6-7-15(16)19)28(24,25)21-8-10-26-11-9-21/h2-7,12H,8-11,13H2,1H3,(H,20,22)/b3-2+,5-4+. The maximum Gasteiger partial charge on any atom is 0.331 e. The summed E-state index contributed by atoms with van der Waals surface area (Å²) >= 11 is 6.05. The Morgan fingerprint density at radius 1 is 1.29 bits per heavy atom. The molecule has 1 N–H and O–H groups in total. The monoisotopic (exact) mass is 428 g/mol. The highest BCUT2D eigenvalue weighted by atomic mass is 35.5.